The molecule has 1 aliphatic rings. The number of nitrogens with one attached hydrogen (secondary N) is 1. The lowest BCUT2D eigenvalue weighted by Gasteiger charge is -2.46. The van der Waals surface area contributed by atoms with Crippen molar-refractivity contribution in [1.82, 2.24) is 15.1 Å². The van der Waals surface area contributed by atoms with E-state index in [0.29, 0.717) is 0 Å². The molecule has 1 aromatic carbocycles. The van der Waals surface area contributed by atoms with Gasteiger partial charge in [0.05, 0.1) is 11.2 Å². The molecule has 0 bridgehead atoms. The quantitative estimate of drug-likeness (QED) is 0.923. The van der Waals surface area contributed by atoms with E-state index in [2.05, 4.69) is 58.4 Å². The van der Waals surface area contributed by atoms with Crippen LogP contribution in [0.5, 0.6) is 0 Å². The molecule has 0 aliphatic carbocycles. The van der Waals surface area contributed by atoms with Crippen LogP contribution in [0.4, 0.5) is 0 Å². The van der Waals surface area contributed by atoms with E-state index < -0.39 is 0 Å². The molecule has 3 heteroatoms. The molecule has 0 amide bonds. The number of nitrogens with zero attached hydrogens (tertiary/aromatic N) is 2. The summed E-state index contributed by atoms with van der Waals surface area (Å²) in [6.07, 6.45) is 6.74. The van der Waals surface area contributed by atoms with Gasteiger partial charge in [-0.25, -0.2) is 0 Å². The fourth-order valence-corrected chi connectivity index (χ4v) is 3.60. The Hall–Kier alpha value is -1.61. The third kappa shape index (κ3) is 2.38. The number of aromatic amines is 1. The molecular weight excluding hydrogens is 246 g/mol. The second-order valence-corrected chi connectivity index (χ2v) is 5.70. The number of H-pyrrole nitrogens is 1. The minimum absolute atomic E-state index is 0.0881. The van der Waals surface area contributed by atoms with Crippen molar-refractivity contribution in [3.63, 3.8) is 0 Å². The van der Waals surface area contributed by atoms with Crippen LogP contribution >= 0.6 is 0 Å². The first-order valence-corrected chi connectivity index (χ1v) is 7.64. The van der Waals surface area contributed by atoms with Crippen LogP contribution in [-0.4, -0.2) is 28.2 Å². The van der Waals surface area contributed by atoms with E-state index in [1.165, 1.54) is 37.1 Å². The molecule has 1 N–H and O–H groups in total. The maximum Gasteiger partial charge on any atom is 0.0668 e. The SMILES string of the molecule is CCN1CCCCC1(Cc1ccccc1)c1ccn[nH]1. The van der Waals surface area contributed by atoms with Gasteiger partial charge < -0.3 is 0 Å². The van der Waals surface area contributed by atoms with Crippen LogP contribution in [0.1, 0.15) is 37.4 Å². The average Bonchev–Trinajstić information content (AvgIpc) is 3.03. The molecule has 3 nitrogen and oxygen atoms in total. The molecule has 0 saturated carbocycles. The Balaban J connectivity index is 1.99. The lowest BCUT2D eigenvalue weighted by atomic mass is 9.78. The summed E-state index contributed by atoms with van der Waals surface area (Å²) in [6, 6.07) is 13.0. The largest absolute Gasteiger partial charge is 0.292 e. The van der Waals surface area contributed by atoms with Gasteiger partial charge in [-0.1, -0.05) is 37.3 Å². The number of aromatic nitrogens is 2. The van der Waals surface area contributed by atoms with Gasteiger partial charge in [-0.05, 0) is 50.4 Å². The number of rotatable bonds is 4. The maximum atomic E-state index is 4.20. The zero-order chi connectivity index (χ0) is 13.8. The van der Waals surface area contributed by atoms with Crippen LogP contribution in [0.2, 0.25) is 0 Å². The molecule has 2 aromatic rings. The molecule has 1 aromatic heterocycles. The zero-order valence-corrected chi connectivity index (χ0v) is 12.2. The normalized spacial score (nSPS) is 23.9. The molecule has 20 heavy (non-hydrogen) atoms. The van der Waals surface area contributed by atoms with E-state index in [1.807, 2.05) is 6.20 Å². The van der Waals surface area contributed by atoms with Crippen molar-refractivity contribution in [3.8, 4) is 0 Å². The molecule has 106 valence electrons. The van der Waals surface area contributed by atoms with Crippen LogP contribution in [0, 0.1) is 0 Å². The first-order valence-electron chi connectivity index (χ1n) is 7.64. The number of hydrogen-bond acceptors (Lipinski definition) is 2. The maximum absolute atomic E-state index is 4.20. The standard InChI is InChI=1S/C17H23N3/c1-2-20-13-7-6-11-17(20,16-10-12-18-19-16)14-15-8-4-3-5-9-15/h3-5,8-10,12H,2,6-7,11,13-14H2,1H3,(H,18,19). The van der Waals surface area contributed by atoms with Gasteiger partial charge in [0.1, 0.15) is 0 Å². The van der Waals surface area contributed by atoms with E-state index in [9.17, 15) is 0 Å². The number of likely N-dealkylation sites (N-methyl/N-ethyl adjacent to an activating group) is 1. The summed E-state index contributed by atoms with van der Waals surface area (Å²) in [5, 5.41) is 7.44. The molecule has 2 heterocycles. The first-order chi connectivity index (χ1) is 9.85. The van der Waals surface area contributed by atoms with Crippen molar-refractivity contribution < 1.29 is 0 Å². The Morgan fingerprint density at radius 1 is 1.20 bits per heavy atom. The summed E-state index contributed by atoms with van der Waals surface area (Å²) in [6.45, 7) is 4.54. The van der Waals surface area contributed by atoms with Gasteiger partial charge in [-0.2, -0.15) is 5.10 Å². The Kier molecular flexibility index (Phi) is 3.88. The van der Waals surface area contributed by atoms with Crippen molar-refractivity contribution in [3.05, 3.63) is 53.9 Å². The lowest BCUT2D eigenvalue weighted by Crippen LogP contribution is -2.51. The second-order valence-electron chi connectivity index (χ2n) is 5.70. The smallest absolute Gasteiger partial charge is 0.0668 e. The summed E-state index contributed by atoms with van der Waals surface area (Å²) in [7, 11) is 0. The third-order valence-corrected chi connectivity index (χ3v) is 4.60. The van der Waals surface area contributed by atoms with Gasteiger partial charge in [0.25, 0.3) is 0 Å². The number of benzene rings is 1. The van der Waals surface area contributed by atoms with Crippen LogP contribution < -0.4 is 0 Å². The number of hydrogen-bond donors (Lipinski definition) is 1. The zero-order valence-electron chi connectivity index (χ0n) is 12.2. The van der Waals surface area contributed by atoms with E-state index in [0.717, 1.165) is 13.0 Å². The van der Waals surface area contributed by atoms with Crippen molar-refractivity contribution in [2.75, 3.05) is 13.1 Å². The fourth-order valence-electron chi connectivity index (χ4n) is 3.60. The van der Waals surface area contributed by atoms with Gasteiger partial charge in [-0.15, -0.1) is 0 Å². The highest BCUT2D eigenvalue weighted by molar-refractivity contribution is 5.24. The summed E-state index contributed by atoms with van der Waals surface area (Å²) in [5.41, 5.74) is 2.76. The minimum atomic E-state index is 0.0881. The Bertz CT molecular complexity index is 520. The molecule has 0 spiro atoms. The fraction of sp³-hybridized carbons (Fsp3) is 0.471. The monoisotopic (exact) mass is 269 g/mol. The van der Waals surface area contributed by atoms with Gasteiger partial charge in [0.15, 0.2) is 0 Å². The van der Waals surface area contributed by atoms with Gasteiger partial charge in [0, 0.05) is 6.20 Å². The van der Waals surface area contributed by atoms with E-state index >= 15 is 0 Å². The Labute approximate surface area is 121 Å². The molecule has 1 unspecified atom stereocenters. The van der Waals surface area contributed by atoms with E-state index in [1.54, 1.807) is 0 Å². The summed E-state index contributed by atoms with van der Waals surface area (Å²) >= 11 is 0. The molecule has 1 atom stereocenters. The molecule has 0 radical (unpaired) electrons. The number of likely N-dealkylation sites (tertiary alicyclic amines) is 1. The molecular formula is C17H23N3. The van der Waals surface area contributed by atoms with E-state index in [4.69, 9.17) is 0 Å². The van der Waals surface area contributed by atoms with Crippen molar-refractivity contribution >= 4 is 0 Å². The predicted octanol–water partition coefficient (Wildman–Crippen LogP) is 3.35. The molecule has 1 saturated heterocycles. The Morgan fingerprint density at radius 2 is 2.05 bits per heavy atom. The summed E-state index contributed by atoms with van der Waals surface area (Å²) in [5.74, 6) is 0. The average molecular weight is 269 g/mol. The van der Waals surface area contributed by atoms with Crippen LogP contribution in [0.15, 0.2) is 42.6 Å². The molecule has 3 rings (SSSR count). The second kappa shape index (κ2) is 5.80. The first kappa shape index (κ1) is 13.4. The van der Waals surface area contributed by atoms with Crippen molar-refractivity contribution in [2.24, 2.45) is 0 Å². The topological polar surface area (TPSA) is 31.9 Å². The van der Waals surface area contributed by atoms with Crippen LogP contribution in [0.3, 0.4) is 0 Å². The third-order valence-electron chi connectivity index (χ3n) is 4.60. The lowest BCUT2D eigenvalue weighted by molar-refractivity contribution is 0.0445. The van der Waals surface area contributed by atoms with Crippen molar-refractivity contribution in [2.45, 2.75) is 38.1 Å². The van der Waals surface area contributed by atoms with Crippen LogP contribution in [-0.2, 0) is 12.0 Å². The van der Waals surface area contributed by atoms with E-state index in [-0.39, 0.29) is 5.54 Å². The Morgan fingerprint density at radius 3 is 2.75 bits per heavy atom. The highest BCUT2D eigenvalue weighted by atomic mass is 15.2. The molecule has 1 aliphatic heterocycles. The number of piperidine rings is 1. The van der Waals surface area contributed by atoms with Gasteiger partial charge >= 0.3 is 0 Å². The van der Waals surface area contributed by atoms with Gasteiger partial charge in [-0.3, -0.25) is 10.00 Å². The molecule has 1 fully saturated rings. The van der Waals surface area contributed by atoms with Gasteiger partial charge in [0.2, 0.25) is 0 Å². The van der Waals surface area contributed by atoms with Crippen LogP contribution in [0.25, 0.3) is 0 Å². The summed E-state index contributed by atoms with van der Waals surface area (Å²) in [4.78, 5) is 2.62. The highest BCUT2D eigenvalue weighted by Crippen LogP contribution is 2.39. The minimum Gasteiger partial charge on any atom is -0.292 e. The summed E-state index contributed by atoms with van der Waals surface area (Å²) < 4.78 is 0. The predicted molar refractivity (Wildman–Crippen MR) is 81.5 cm³/mol. The highest BCUT2D eigenvalue weighted by Gasteiger charge is 2.40. The van der Waals surface area contributed by atoms with Crippen molar-refractivity contribution in [1.29, 1.82) is 0 Å².